The van der Waals surface area contributed by atoms with Crippen molar-refractivity contribution in [3.8, 4) is 17.2 Å². The number of phenols is 3. The van der Waals surface area contributed by atoms with Gasteiger partial charge in [-0.3, -0.25) is 0 Å². The number of aromatic hydroxyl groups is 3. The molecule has 0 heterocycles. The van der Waals surface area contributed by atoms with E-state index in [2.05, 4.69) is 0 Å². The molecule has 0 aliphatic carbocycles. The fourth-order valence-electron chi connectivity index (χ4n) is 1.32. The van der Waals surface area contributed by atoms with E-state index in [0.29, 0.717) is 10.8 Å². The molecular formula is C10H8O3. The molecule has 2 rings (SSSR count). The third-order valence-electron chi connectivity index (χ3n) is 1.90. The molecule has 0 fully saturated rings. The van der Waals surface area contributed by atoms with Crippen molar-refractivity contribution < 1.29 is 15.3 Å². The highest BCUT2D eigenvalue weighted by atomic mass is 16.3. The van der Waals surface area contributed by atoms with Crippen LogP contribution in [-0.4, -0.2) is 15.3 Å². The molecule has 0 unspecified atom stereocenters. The Bertz CT molecular complexity index is 458. The highest BCUT2D eigenvalue weighted by molar-refractivity contribution is 5.90. The number of fused-ring (bicyclic) bond motifs is 1. The van der Waals surface area contributed by atoms with Crippen LogP contribution in [0.2, 0.25) is 0 Å². The molecule has 2 aromatic carbocycles. The van der Waals surface area contributed by atoms with Gasteiger partial charge in [-0.15, -0.1) is 0 Å². The van der Waals surface area contributed by atoms with Crippen LogP contribution in [0.3, 0.4) is 0 Å². The second kappa shape index (κ2) is 2.55. The van der Waals surface area contributed by atoms with Gasteiger partial charge in [0.25, 0.3) is 0 Å². The lowest BCUT2D eigenvalue weighted by Gasteiger charge is -2.02. The predicted molar refractivity (Wildman–Crippen MR) is 48.9 cm³/mol. The molecule has 3 heteroatoms. The summed E-state index contributed by atoms with van der Waals surface area (Å²) in [4.78, 5) is 0. The van der Waals surface area contributed by atoms with Gasteiger partial charge in [0.2, 0.25) is 0 Å². The van der Waals surface area contributed by atoms with Crippen LogP contribution in [0.1, 0.15) is 0 Å². The molecule has 0 saturated carbocycles. The van der Waals surface area contributed by atoms with Crippen LogP contribution >= 0.6 is 0 Å². The van der Waals surface area contributed by atoms with E-state index in [1.54, 1.807) is 6.07 Å². The normalized spacial score (nSPS) is 10.5. The minimum atomic E-state index is -0.0180. The second-order valence-electron chi connectivity index (χ2n) is 2.87. The summed E-state index contributed by atoms with van der Waals surface area (Å²) in [7, 11) is 0. The van der Waals surface area contributed by atoms with Gasteiger partial charge < -0.3 is 15.3 Å². The largest absolute Gasteiger partial charge is 0.508 e. The zero-order chi connectivity index (χ0) is 9.42. The fourth-order valence-corrected chi connectivity index (χ4v) is 1.32. The molecule has 0 saturated heterocycles. The van der Waals surface area contributed by atoms with Crippen molar-refractivity contribution in [2.24, 2.45) is 0 Å². The maximum Gasteiger partial charge on any atom is 0.127 e. The molecule has 0 radical (unpaired) electrons. The van der Waals surface area contributed by atoms with E-state index in [1.165, 1.54) is 24.3 Å². The second-order valence-corrected chi connectivity index (χ2v) is 2.87. The summed E-state index contributed by atoms with van der Waals surface area (Å²) in [6.45, 7) is 0. The third-order valence-corrected chi connectivity index (χ3v) is 1.90. The Morgan fingerprint density at radius 3 is 2.23 bits per heavy atom. The minimum absolute atomic E-state index is 0.00926. The predicted octanol–water partition coefficient (Wildman–Crippen LogP) is 1.96. The first-order valence-electron chi connectivity index (χ1n) is 3.81. The first-order chi connectivity index (χ1) is 6.16. The standard InChI is InChI=1S/C10H8O3/c11-7-1-2-9-6(3-7)4-8(12)5-10(9)13/h1-5,11-13H. The number of hydrogen-bond donors (Lipinski definition) is 3. The third kappa shape index (κ3) is 1.24. The van der Waals surface area contributed by atoms with Gasteiger partial charge in [0.1, 0.15) is 17.2 Å². The van der Waals surface area contributed by atoms with E-state index in [0.717, 1.165) is 0 Å². The lowest BCUT2D eigenvalue weighted by Crippen LogP contribution is -1.74. The fraction of sp³-hybridized carbons (Fsp3) is 0. The smallest absolute Gasteiger partial charge is 0.127 e. The van der Waals surface area contributed by atoms with Gasteiger partial charge in [0.05, 0.1) is 0 Å². The van der Waals surface area contributed by atoms with E-state index >= 15 is 0 Å². The van der Waals surface area contributed by atoms with Crippen molar-refractivity contribution >= 4 is 10.8 Å². The monoisotopic (exact) mass is 176 g/mol. The zero-order valence-electron chi connectivity index (χ0n) is 6.73. The number of phenolic OH excluding ortho intramolecular Hbond substituents is 3. The molecule has 0 spiro atoms. The summed E-state index contributed by atoms with van der Waals surface area (Å²) >= 11 is 0. The summed E-state index contributed by atoms with van der Waals surface area (Å²) in [5.41, 5.74) is 0. The van der Waals surface area contributed by atoms with Gasteiger partial charge in [-0.1, -0.05) is 0 Å². The average molecular weight is 176 g/mol. The van der Waals surface area contributed by atoms with E-state index < -0.39 is 0 Å². The van der Waals surface area contributed by atoms with Crippen molar-refractivity contribution in [1.82, 2.24) is 0 Å². The van der Waals surface area contributed by atoms with Crippen molar-refractivity contribution in [3.05, 3.63) is 30.3 Å². The van der Waals surface area contributed by atoms with E-state index in [9.17, 15) is 5.11 Å². The molecule has 0 aromatic heterocycles. The van der Waals surface area contributed by atoms with Crippen LogP contribution < -0.4 is 0 Å². The summed E-state index contributed by atoms with van der Waals surface area (Å²) in [5, 5.41) is 28.9. The molecule has 13 heavy (non-hydrogen) atoms. The molecule has 0 bridgehead atoms. The Morgan fingerprint density at radius 1 is 0.769 bits per heavy atom. The molecule has 66 valence electrons. The van der Waals surface area contributed by atoms with Gasteiger partial charge in [0, 0.05) is 11.5 Å². The highest BCUT2D eigenvalue weighted by Gasteiger charge is 2.02. The average Bonchev–Trinajstić information content (AvgIpc) is 2.02. The Hall–Kier alpha value is -1.90. The molecule has 0 amide bonds. The molecule has 3 nitrogen and oxygen atoms in total. The molecule has 0 atom stereocenters. The lowest BCUT2D eigenvalue weighted by atomic mass is 10.1. The summed E-state index contributed by atoms with van der Waals surface area (Å²) in [6, 6.07) is 7.31. The van der Waals surface area contributed by atoms with Crippen LogP contribution in [0.4, 0.5) is 0 Å². The minimum Gasteiger partial charge on any atom is -0.508 e. The SMILES string of the molecule is Oc1ccc2c(O)cc(O)cc2c1. The van der Waals surface area contributed by atoms with Crippen LogP contribution in [-0.2, 0) is 0 Å². The Labute approximate surface area is 74.5 Å². The van der Waals surface area contributed by atoms with Gasteiger partial charge >= 0.3 is 0 Å². The van der Waals surface area contributed by atoms with E-state index in [4.69, 9.17) is 10.2 Å². The zero-order valence-corrected chi connectivity index (χ0v) is 6.73. The Balaban J connectivity index is 2.86. The maximum atomic E-state index is 9.40. The molecule has 2 aromatic rings. The van der Waals surface area contributed by atoms with Crippen molar-refractivity contribution in [2.75, 3.05) is 0 Å². The van der Waals surface area contributed by atoms with Crippen LogP contribution in [0.15, 0.2) is 30.3 Å². The number of hydrogen-bond acceptors (Lipinski definition) is 3. The molecule has 3 N–H and O–H groups in total. The van der Waals surface area contributed by atoms with Gasteiger partial charge in [-0.05, 0) is 29.7 Å². The van der Waals surface area contributed by atoms with Crippen LogP contribution in [0, 0.1) is 0 Å². The quantitative estimate of drug-likeness (QED) is 0.575. The maximum absolute atomic E-state index is 9.40. The van der Waals surface area contributed by atoms with Crippen molar-refractivity contribution in [2.45, 2.75) is 0 Å². The van der Waals surface area contributed by atoms with Crippen molar-refractivity contribution in [3.63, 3.8) is 0 Å². The van der Waals surface area contributed by atoms with Gasteiger partial charge in [-0.25, -0.2) is 0 Å². The summed E-state index contributed by atoms with van der Waals surface area (Å²) < 4.78 is 0. The number of benzene rings is 2. The first-order valence-corrected chi connectivity index (χ1v) is 3.81. The van der Waals surface area contributed by atoms with Crippen LogP contribution in [0.5, 0.6) is 17.2 Å². The van der Waals surface area contributed by atoms with Gasteiger partial charge in [0.15, 0.2) is 0 Å². The molecule has 0 aliphatic rings. The topological polar surface area (TPSA) is 60.7 Å². The Morgan fingerprint density at radius 2 is 1.46 bits per heavy atom. The first kappa shape index (κ1) is 7.73. The number of rotatable bonds is 0. The highest BCUT2D eigenvalue weighted by Crippen LogP contribution is 2.31. The summed E-state index contributed by atoms with van der Waals surface area (Å²) in [6.07, 6.45) is 0. The van der Waals surface area contributed by atoms with E-state index in [-0.39, 0.29) is 17.2 Å². The Kier molecular flexibility index (Phi) is 1.52. The lowest BCUT2D eigenvalue weighted by molar-refractivity contribution is 0.455. The summed E-state index contributed by atoms with van der Waals surface area (Å²) in [5.74, 6) is 0.100. The van der Waals surface area contributed by atoms with Gasteiger partial charge in [-0.2, -0.15) is 0 Å². The molecule has 0 aliphatic heterocycles. The van der Waals surface area contributed by atoms with Crippen LogP contribution in [0.25, 0.3) is 10.8 Å². The molecular weight excluding hydrogens is 168 g/mol. The van der Waals surface area contributed by atoms with Crippen molar-refractivity contribution in [1.29, 1.82) is 0 Å². The van der Waals surface area contributed by atoms with E-state index in [1.807, 2.05) is 0 Å².